The second kappa shape index (κ2) is 5.82. The summed E-state index contributed by atoms with van der Waals surface area (Å²) in [5, 5.41) is 11.7. The molecule has 1 aliphatic heterocycles. The molecule has 0 spiro atoms. The quantitative estimate of drug-likeness (QED) is 0.860. The molecule has 1 amide bonds. The third kappa shape index (κ3) is 3.20. The van der Waals surface area contributed by atoms with Gasteiger partial charge in [-0.25, -0.2) is 4.39 Å². The molecule has 1 heterocycles. The SMILES string of the molecule is O=C(NCCC1CCCO1)c1ccc(O)cc1F. The van der Waals surface area contributed by atoms with Gasteiger partial charge in [-0.1, -0.05) is 0 Å². The summed E-state index contributed by atoms with van der Waals surface area (Å²) < 4.78 is 18.8. The minimum absolute atomic E-state index is 0.0554. The number of carbonyl (C=O) groups is 1. The van der Waals surface area contributed by atoms with Gasteiger partial charge < -0.3 is 15.2 Å². The normalized spacial score (nSPS) is 18.8. The van der Waals surface area contributed by atoms with Gasteiger partial charge in [0, 0.05) is 19.2 Å². The summed E-state index contributed by atoms with van der Waals surface area (Å²) in [6.07, 6.45) is 3.02. The van der Waals surface area contributed by atoms with Crippen molar-refractivity contribution in [2.45, 2.75) is 25.4 Å². The fraction of sp³-hybridized carbons (Fsp3) is 0.462. The minimum Gasteiger partial charge on any atom is -0.508 e. The van der Waals surface area contributed by atoms with E-state index in [0.29, 0.717) is 6.54 Å². The molecule has 1 unspecified atom stereocenters. The summed E-state index contributed by atoms with van der Waals surface area (Å²) in [6, 6.07) is 3.49. The Morgan fingerprint density at radius 2 is 2.39 bits per heavy atom. The van der Waals surface area contributed by atoms with E-state index in [-0.39, 0.29) is 17.4 Å². The predicted molar refractivity (Wildman–Crippen MR) is 64.0 cm³/mol. The van der Waals surface area contributed by atoms with Gasteiger partial charge >= 0.3 is 0 Å². The van der Waals surface area contributed by atoms with Crippen LogP contribution in [0.3, 0.4) is 0 Å². The number of nitrogens with one attached hydrogen (secondary N) is 1. The van der Waals surface area contributed by atoms with Gasteiger partial charge in [0.15, 0.2) is 0 Å². The molecular formula is C13H16FNO3. The highest BCUT2D eigenvalue weighted by atomic mass is 19.1. The van der Waals surface area contributed by atoms with E-state index < -0.39 is 11.7 Å². The second-order valence-corrected chi connectivity index (χ2v) is 4.34. The fourth-order valence-corrected chi connectivity index (χ4v) is 2.00. The number of carbonyl (C=O) groups excluding carboxylic acids is 1. The highest BCUT2D eigenvalue weighted by Gasteiger charge is 2.16. The third-order valence-electron chi connectivity index (χ3n) is 2.97. The fourth-order valence-electron chi connectivity index (χ4n) is 2.00. The van der Waals surface area contributed by atoms with E-state index in [0.717, 1.165) is 31.9 Å². The van der Waals surface area contributed by atoms with Crippen molar-refractivity contribution in [3.05, 3.63) is 29.6 Å². The number of ether oxygens (including phenoxy) is 1. The molecule has 1 atom stereocenters. The lowest BCUT2D eigenvalue weighted by Crippen LogP contribution is -2.27. The van der Waals surface area contributed by atoms with Gasteiger partial charge in [0.2, 0.25) is 0 Å². The molecular weight excluding hydrogens is 237 g/mol. The Balaban J connectivity index is 1.83. The smallest absolute Gasteiger partial charge is 0.254 e. The molecule has 18 heavy (non-hydrogen) atoms. The molecule has 98 valence electrons. The molecule has 0 radical (unpaired) electrons. The van der Waals surface area contributed by atoms with Crippen LogP contribution in [-0.4, -0.2) is 30.3 Å². The van der Waals surface area contributed by atoms with Crippen LogP contribution in [0, 0.1) is 5.82 Å². The number of hydrogen-bond donors (Lipinski definition) is 2. The van der Waals surface area contributed by atoms with Gasteiger partial charge in [0.05, 0.1) is 11.7 Å². The van der Waals surface area contributed by atoms with Crippen molar-refractivity contribution in [2.75, 3.05) is 13.2 Å². The van der Waals surface area contributed by atoms with E-state index in [1.54, 1.807) is 0 Å². The number of phenols is 1. The van der Waals surface area contributed by atoms with Crippen LogP contribution in [-0.2, 0) is 4.74 Å². The van der Waals surface area contributed by atoms with Crippen LogP contribution in [0.1, 0.15) is 29.6 Å². The zero-order chi connectivity index (χ0) is 13.0. The molecule has 1 aromatic rings. The van der Waals surface area contributed by atoms with E-state index in [4.69, 9.17) is 9.84 Å². The molecule has 0 aromatic heterocycles. The van der Waals surface area contributed by atoms with Crippen LogP contribution in [0.25, 0.3) is 0 Å². The maximum absolute atomic E-state index is 13.4. The molecule has 4 nitrogen and oxygen atoms in total. The summed E-state index contributed by atoms with van der Waals surface area (Å²) in [5.41, 5.74) is -0.0554. The zero-order valence-electron chi connectivity index (χ0n) is 9.99. The standard InChI is InChI=1S/C13H16FNO3/c14-12-8-9(16)3-4-11(12)13(17)15-6-5-10-2-1-7-18-10/h3-4,8,10,16H,1-2,5-7H2,(H,15,17). The summed E-state index contributed by atoms with van der Waals surface area (Å²) >= 11 is 0. The lowest BCUT2D eigenvalue weighted by molar-refractivity contribution is 0.0904. The first-order valence-corrected chi connectivity index (χ1v) is 6.05. The number of hydrogen-bond acceptors (Lipinski definition) is 3. The molecule has 0 bridgehead atoms. The van der Waals surface area contributed by atoms with Crippen molar-refractivity contribution in [3.8, 4) is 5.75 Å². The Morgan fingerprint density at radius 3 is 3.06 bits per heavy atom. The molecule has 1 aliphatic rings. The largest absolute Gasteiger partial charge is 0.508 e. The van der Waals surface area contributed by atoms with Crippen LogP contribution in [0.4, 0.5) is 4.39 Å². The molecule has 1 aromatic carbocycles. The summed E-state index contributed by atoms with van der Waals surface area (Å²) in [7, 11) is 0. The van der Waals surface area contributed by atoms with Crippen molar-refractivity contribution < 1.29 is 19.0 Å². The Hall–Kier alpha value is -1.62. The molecule has 1 saturated heterocycles. The number of benzene rings is 1. The average molecular weight is 253 g/mol. The lowest BCUT2D eigenvalue weighted by Gasteiger charge is -2.10. The Bertz CT molecular complexity index is 430. The molecule has 0 saturated carbocycles. The van der Waals surface area contributed by atoms with Crippen LogP contribution in [0.2, 0.25) is 0 Å². The highest BCUT2D eigenvalue weighted by Crippen LogP contribution is 2.16. The van der Waals surface area contributed by atoms with Crippen LogP contribution in [0.15, 0.2) is 18.2 Å². The number of rotatable bonds is 4. The Labute approximate surface area is 105 Å². The first-order chi connectivity index (χ1) is 8.66. The van der Waals surface area contributed by atoms with Crippen LogP contribution < -0.4 is 5.32 Å². The highest BCUT2D eigenvalue weighted by molar-refractivity contribution is 5.94. The van der Waals surface area contributed by atoms with Crippen molar-refractivity contribution in [1.82, 2.24) is 5.32 Å². The van der Waals surface area contributed by atoms with Crippen molar-refractivity contribution >= 4 is 5.91 Å². The number of halogens is 1. The zero-order valence-corrected chi connectivity index (χ0v) is 9.99. The average Bonchev–Trinajstić information content (AvgIpc) is 2.81. The van der Waals surface area contributed by atoms with Crippen LogP contribution >= 0.6 is 0 Å². The van der Waals surface area contributed by atoms with Crippen molar-refractivity contribution in [1.29, 1.82) is 0 Å². The number of phenolic OH excluding ortho intramolecular Hbond substituents is 1. The third-order valence-corrected chi connectivity index (χ3v) is 2.97. The number of amides is 1. The van der Waals surface area contributed by atoms with E-state index in [2.05, 4.69) is 5.32 Å². The van der Waals surface area contributed by atoms with Gasteiger partial charge in [-0.05, 0) is 31.4 Å². The minimum atomic E-state index is -0.718. The van der Waals surface area contributed by atoms with Gasteiger partial charge in [-0.3, -0.25) is 4.79 Å². The van der Waals surface area contributed by atoms with Gasteiger partial charge in [-0.2, -0.15) is 0 Å². The first kappa shape index (κ1) is 12.8. The van der Waals surface area contributed by atoms with E-state index in [1.165, 1.54) is 12.1 Å². The summed E-state index contributed by atoms with van der Waals surface area (Å²) in [6.45, 7) is 1.25. The second-order valence-electron chi connectivity index (χ2n) is 4.34. The maximum Gasteiger partial charge on any atom is 0.254 e. The maximum atomic E-state index is 13.4. The Kier molecular flexibility index (Phi) is 4.15. The number of aromatic hydroxyl groups is 1. The van der Waals surface area contributed by atoms with Crippen LogP contribution in [0.5, 0.6) is 5.75 Å². The molecule has 0 aliphatic carbocycles. The monoisotopic (exact) mass is 253 g/mol. The molecule has 5 heteroatoms. The molecule has 2 N–H and O–H groups in total. The van der Waals surface area contributed by atoms with Gasteiger partial charge in [-0.15, -0.1) is 0 Å². The van der Waals surface area contributed by atoms with Crippen molar-refractivity contribution in [2.24, 2.45) is 0 Å². The van der Waals surface area contributed by atoms with Gasteiger partial charge in [0.1, 0.15) is 11.6 Å². The lowest BCUT2D eigenvalue weighted by atomic mass is 10.1. The van der Waals surface area contributed by atoms with Gasteiger partial charge in [0.25, 0.3) is 5.91 Å². The summed E-state index contributed by atoms with van der Waals surface area (Å²) in [4.78, 5) is 11.7. The van der Waals surface area contributed by atoms with E-state index in [1.807, 2.05) is 0 Å². The summed E-state index contributed by atoms with van der Waals surface area (Å²) in [5.74, 6) is -1.38. The van der Waals surface area contributed by atoms with Crippen molar-refractivity contribution in [3.63, 3.8) is 0 Å². The molecule has 2 rings (SSSR count). The van der Waals surface area contributed by atoms with E-state index in [9.17, 15) is 9.18 Å². The Morgan fingerprint density at radius 1 is 1.56 bits per heavy atom. The predicted octanol–water partition coefficient (Wildman–Crippen LogP) is 1.83. The van der Waals surface area contributed by atoms with E-state index >= 15 is 0 Å². The first-order valence-electron chi connectivity index (χ1n) is 6.05. The topological polar surface area (TPSA) is 58.6 Å². The molecule has 1 fully saturated rings.